The van der Waals surface area contributed by atoms with Crippen LogP contribution in [0.2, 0.25) is 0 Å². The van der Waals surface area contributed by atoms with Gasteiger partial charge in [0.25, 0.3) is 0 Å². The highest BCUT2D eigenvalue weighted by Crippen LogP contribution is 2.23. The standard InChI is InChI=1S/C21H36N4O2/c1-3-22-21(23-12-5-15-27-4-2)24-16-18-6-8-20(9-7-18)25-13-10-19(17-26)11-14-25/h6-9,19,26H,3-5,10-17H2,1-2H3,(H2,22,23,24). The van der Waals surface area contributed by atoms with Crippen LogP contribution in [0.4, 0.5) is 5.69 Å². The largest absolute Gasteiger partial charge is 0.396 e. The number of aliphatic imine (C=N–C) groups is 1. The fourth-order valence-corrected chi connectivity index (χ4v) is 3.22. The smallest absolute Gasteiger partial charge is 0.191 e. The van der Waals surface area contributed by atoms with E-state index in [2.05, 4.69) is 51.7 Å². The Hall–Kier alpha value is -1.79. The summed E-state index contributed by atoms with van der Waals surface area (Å²) in [6.07, 6.45) is 3.12. The summed E-state index contributed by atoms with van der Waals surface area (Å²) in [5.74, 6) is 1.32. The molecule has 0 amide bonds. The van der Waals surface area contributed by atoms with Gasteiger partial charge in [-0.05, 0) is 56.7 Å². The maximum Gasteiger partial charge on any atom is 0.191 e. The van der Waals surface area contributed by atoms with Gasteiger partial charge in [-0.1, -0.05) is 12.1 Å². The number of guanidine groups is 1. The van der Waals surface area contributed by atoms with E-state index in [0.717, 1.165) is 64.6 Å². The molecule has 1 aromatic rings. The Morgan fingerprint density at radius 3 is 2.56 bits per heavy atom. The maximum absolute atomic E-state index is 9.27. The highest BCUT2D eigenvalue weighted by molar-refractivity contribution is 5.79. The van der Waals surface area contributed by atoms with Gasteiger partial charge >= 0.3 is 0 Å². The Bertz CT molecular complexity index is 540. The molecule has 1 aliphatic rings. The molecular formula is C21H36N4O2. The van der Waals surface area contributed by atoms with Gasteiger partial charge in [0, 0.05) is 51.7 Å². The van der Waals surface area contributed by atoms with Crippen LogP contribution in [-0.2, 0) is 11.3 Å². The predicted octanol–water partition coefficient (Wildman–Crippen LogP) is 2.38. The number of hydrogen-bond donors (Lipinski definition) is 3. The van der Waals surface area contributed by atoms with Crippen molar-refractivity contribution in [2.75, 3.05) is 50.9 Å². The average molecular weight is 377 g/mol. The molecule has 6 heteroatoms. The Morgan fingerprint density at radius 1 is 1.19 bits per heavy atom. The van der Waals surface area contributed by atoms with Crippen molar-refractivity contribution in [3.63, 3.8) is 0 Å². The molecule has 0 saturated carbocycles. The minimum atomic E-state index is 0.318. The topological polar surface area (TPSA) is 69.1 Å². The number of piperidine rings is 1. The summed E-state index contributed by atoms with van der Waals surface area (Å²) in [5.41, 5.74) is 2.47. The molecule has 6 nitrogen and oxygen atoms in total. The molecule has 3 N–H and O–H groups in total. The molecule has 1 fully saturated rings. The molecule has 0 spiro atoms. The summed E-state index contributed by atoms with van der Waals surface area (Å²) in [4.78, 5) is 7.08. The molecule has 0 aromatic heterocycles. The van der Waals surface area contributed by atoms with Crippen molar-refractivity contribution in [3.05, 3.63) is 29.8 Å². The summed E-state index contributed by atoms with van der Waals surface area (Å²) in [6.45, 7) is 10.4. The maximum atomic E-state index is 9.27. The lowest BCUT2D eigenvalue weighted by Crippen LogP contribution is -2.38. The van der Waals surface area contributed by atoms with Gasteiger partial charge in [-0.2, -0.15) is 0 Å². The number of nitrogens with zero attached hydrogens (tertiary/aromatic N) is 2. The Balaban J connectivity index is 1.81. The van der Waals surface area contributed by atoms with Crippen molar-refractivity contribution < 1.29 is 9.84 Å². The Labute approximate surface area is 164 Å². The molecule has 0 unspecified atom stereocenters. The molecule has 0 aliphatic carbocycles. The van der Waals surface area contributed by atoms with E-state index in [1.807, 2.05) is 6.92 Å². The molecule has 27 heavy (non-hydrogen) atoms. The van der Waals surface area contributed by atoms with Crippen molar-refractivity contribution in [2.24, 2.45) is 10.9 Å². The molecule has 152 valence electrons. The second-order valence-corrected chi connectivity index (χ2v) is 6.95. The fourth-order valence-electron chi connectivity index (χ4n) is 3.22. The first-order chi connectivity index (χ1) is 13.3. The number of aliphatic hydroxyl groups excluding tert-OH is 1. The molecule has 0 atom stereocenters. The first-order valence-electron chi connectivity index (χ1n) is 10.3. The predicted molar refractivity (Wildman–Crippen MR) is 112 cm³/mol. The molecule has 2 rings (SSSR count). The summed E-state index contributed by atoms with van der Waals surface area (Å²) < 4.78 is 5.36. The normalized spacial score (nSPS) is 15.8. The molecule has 1 aliphatic heterocycles. The summed E-state index contributed by atoms with van der Waals surface area (Å²) in [5, 5.41) is 15.9. The van der Waals surface area contributed by atoms with Crippen molar-refractivity contribution in [1.29, 1.82) is 0 Å². The van der Waals surface area contributed by atoms with E-state index in [0.29, 0.717) is 19.1 Å². The van der Waals surface area contributed by atoms with E-state index >= 15 is 0 Å². The van der Waals surface area contributed by atoms with Crippen LogP contribution in [0.1, 0.15) is 38.7 Å². The molecule has 0 bridgehead atoms. The molecule has 1 saturated heterocycles. The van der Waals surface area contributed by atoms with E-state index in [1.54, 1.807) is 0 Å². The van der Waals surface area contributed by atoms with Gasteiger partial charge in [-0.3, -0.25) is 0 Å². The zero-order valence-electron chi connectivity index (χ0n) is 16.9. The number of hydrogen-bond acceptors (Lipinski definition) is 4. The number of benzene rings is 1. The van der Waals surface area contributed by atoms with Crippen molar-refractivity contribution >= 4 is 11.6 Å². The van der Waals surface area contributed by atoms with Gasteiger partial charge in [0.15, 0.2) is 5.96 Å². The molecule has 0 radical (unpaired) electrons. The second-order valence-electron chi connectivity index (χ2n) is 6.95. The minimum absolute atomic E-state index is 0.318. The summed E-state index contributed by atoms with van der Waals surface area (Å²) in [6, 6.07) is 8.70. The quantitative estimate of drug-likeness (QED) is 0.332. The van der Waals surface area contributed by atoms with Crippen LogP contribution in [0.15, 0.2) is 29.3 Å². The van der Waals surface area contributed by atoms with Crippen LogP contribution in [0.5, 0.6) is 0 Å². The third-order valence-corrected chi connectivity index (χ3v) is 4.90. The Kier molecular flexibility index (Phi) is 10.0. The minimum Gasteiger partial charge on any atom is -0.396 e. The van der Waals surface area contributed by atoms with Crippen LogP contribution >= 0.6 is 0 Å². The SMILES string of the molecule is CCNC(=NCc1ccc(N2CCC(CO)CC2)cc1)NCCCOCC. The lowest BCUT2D eigenvalue weighted by Gasteiger charge is -2.32. The van der Waals surface area contributed by atoms with Crippen LogP contribution in [0.25, 0.3) is 0 Å². The zero-order chi connectivity index (χ0) is 19.3. The zero-order valence-corrected chi connectivity index (χ0v) is 16.9. The number of nitrogens with one attached hydrogen (secondary N) is 2. The molecule has 1 aromatic carbocycles. The number of aliphatic hydroxyl groups is 1. The molecule has 1 heterocycles. The molecular weight excluding hydrogens is 340 g/mol. The monoisotopic (exact) mass is 376 g/mol. The van der Waals surface area contributed by atoms with Crippen LogP contribution < -0.4 is 15.5 Å². The third kappa shape index (κ3) is 7.77. The van der Waals surface area contributed by atoms with Gasteiger partial charge in [0.2, 0.25) is 0 Å². The second kappa shape index (κ2) is 12.6. The van der Waals surface area contributed by atoms with E-state index in [-0.39, 0.29) is 0 Å². The lowest BCUT2D eigenvalue weighted by molar-refractivity contribution is 0.145. The van der Waals surface area contributed by atoms with Gasteiger partial charge in [-0.15, -0.1) is 0 Å². The average Bonchev–Trinajstić information content (AvgIpc) is 2.72. The van der Waals surface area contributed by atoms with E-state index in [9.17, 15) is 5.11 Å². The van der Waals surface area contributed by atoms with Crippen molar-refractivity contribution in [2.45, 2.75) is 39.7 Å². The lowest BCUT2D eigenvalue weighted by atomic mass is 9.97. The van der Waals surface area contributed by atoms with Crippen LogP contribution in [0.3, 0.4) is 0 Å². The van der Waals surface area contributed by atoms with Crippen molar-refractivity contribution in [3.8, 4) is 0 Å². The fraction of sp³-hybridized carbons (Fsp3) is 0.667. The number of rotatable bonds is 10. The summed E-state index contributed by atoms with van der Waals surface area (Å²) in [7, 11) is 0. The third-order valence-electron chi connectivity index (χ3n) is 4.90. The van der Waals surface area contributed by atoms with Gasteiger partial charge < -0.3 is 25.4 Å². The van der Waals surface area contributed by atoms with E-state index < -0.39 is 0 Å². The van der Waals surface area contributed by atoms with E-state index in [4.69, 9.17) is 4.74 Å². The van der Waals surface area contributed by atoms with Crippen LogP contribution in [0, 0.1) is 5.92 Å². The van der Waals surface area contributed by atoms with Gasteiger partial charge in [0.1, 0.15) is 0 Å². The number of anilines is 1. The highest BCUT2D eigenvalue weighted by atomic mass is 16.5. The number of ether oxygens (including phenoxy) is 1. The van der Waals surface area contributed by atoms with Gasteiger partial charge in [-0.25, -0.2) is 4.99 Å². The van der Waals surface area contributed by atoms with E-state index in [1.165, 1.54) is 11.3 Å². The van der Waals surface area contributed by atoms with Gasteiger partial charge in [0.05, 0.1) is 6.54 Å². The first kappa shape index (κ1) is 21.5. The highest BCUT2D eigenvalue weighted by Gasteiger charge is 2.18. The van der Waals surface area contributed by atoms with Crippen LogP contribution in [-0.4, -0.2) is 57.1 Å². The summed E-state index contributed by atoms with van der Waals surface area (Å²) >= 11 is 0. The van der Waals surface area contributed by atoms with Crippen molar-refractivity contribution in [1.82, 2.24) is 10.6 Å². The Morgan fingerprint density at radius 2 is 1.93 bits per heavy atom. The first-order valence-corrected chi connectivity index (χ1v) is 10.3.